The number of hydrogen-bond donors (Lipinski definition) is 0. The van der Waals surface area contributed by atoms with Crippen LogP contribution in [0.5, 0.6) is 0 Å². The highest BCUT2D eigenvalue weighted by atomic mass is 16.6. The van der Waals surface area contributed by atoms with E-state index in [1.165, 1.54) is 0 Å². The van der Waals surface area contributed by atoms with Crippen molar-refractivity contribution in [2.45, 2.75) is 39.7 Å². The van der Waals surface area contributed by atoms with Crippen LogP contribution in [0.1, 0.15) is 39.2 Å². The number of likely N-dealkylation sites (tertiary alicyclic amines) is 1. The first-order valence-corrected chi connectivity index (χ1v) is 7.90. The van der Waals surface area contributed by atoms with Gasteiger partial charge in [-0.15, -0.1) is 0 Å². The SMILES string of the molecule is CN1CCC(OC(=O)N=C(c2ccccc2)C(C)(C)C)CC1. The number of piperidine rings is 1. The van der Waals surface area contributed by atoms with Gasteiger partial charge in [0.1, 0.15) is 6.10 Å². The summed E-state index contributed by atoms with van der Waals surface area (Å²) in [5.74, 6) is 0. The molecule has 1 amide bonds. The van der Waals surface area contributed by atoms with Crippen molar-refractivity contribution in [1.82, 2.24) is 4.90 Å². The van der Waals surface area contributed by atoms with Gasteiger partial charge >= 0.3 is 6.09 Å². The van der Waals surface area contributed by atoms with Crippen LogP contribution in [-0.2, 0) is 4.74 Å². The van der Waals surface area contributed by atoms with Crippen LogP contribution >= 0.6 is 0 Å². The van der Waals surface area contributed by atoms with Gasteiger partial charge in [0.05, 0.1) is 5.71 Å². The topological polar surface area (TPSA) is 41.9 Å². The van der Waals surface area contributed by atoms with Crippen molar-refractivity contribution in [3.05, 3.63) is 35.9 Å². The molecule has 1 heterocycles. The fraction of sp³-hybridized carbons (Fsp3) is 0.556. The number of hydrogen-bond acceptors (Lipinski definition) is 3. The summed E-state index contributed by atoms with van der Waals surface area (Å²) in [4.78, 5) is 18.7. The van der Waals surface area contributed by atoms with Crippen molar-refractivity contribution in [1.29, 1.82) is 0 Å². The van der Waals surface area contributed by atoms with Crippen LogP contribution in [0.2, 0.25) is 0 Å². The predicted octanol–water partition coefficient (Wildman–Crippen LogP) is 3.75. The summed E-state index contributed by atoms with van der Waals surface area (Å²) >= 11 is 0. The lowest BCUT2D eigenvalue weighted by molar-refractivity contribution is 0.0635. The van der Waals surface area contributed by atoms with Crippen LogP contribution in [0.3, 0.4) is 0 Å². The number of nitrogens with zero attached hydrogens (tertiary/aromatic N) is 2. The Balaban J connectivity index is 2.10. The molecule has 1 aromatic rings. The van der Waals surface area contributed by atoms with Gasteiger partial charge in [-0.3, -0.25) is 0 Å². The molecule has 4 nitrogen and oxygen atoms in total. The average molecular weight is 302 g/mol. The summed E-state index contributed by atoms with van der Waals surface area (Å²) in [6, 6.07) is 9.83. The normalized spacial score (nSPS) is 18.3. The fourth-order valence-corrected chi connectivity index (χ4v) is 2.62. The zero-order valence-corrected chi connectivity index (χ0v) is 14.0. The standard InChI is InChI=1S/C18H26N2O2/c1-18(2,3)16(14-8-6-5-7-9-14)19-17(21)22-15-10-12-20(4)13-11-15/h5-9,15H,10-13H2,1-4H3. The van der Waals surface area contributed by atoms with E-state index in [2.05, 4.69) is 37.7 Å². The van der Waals surface area contributed by atoms with E-state index < -0.39 is 6.09 Å². The van der Waals surface area contributed by atoms with E-state index >= 15 is 0 Å². The van der Waals surface area contributed by atoms with Crippen molar-refractivity contribution < 1.29 is 9.53 Å². The van der Waals surface area contributed by atoms with E-state index in [-0.39, 0.29) is 11.5 Å². The summed E-state index contributed by atoms with van der Waals surface area (Å²) in [5.41, 5.74) is 1.52. The molecule has 0 aromatic heterocycles. The second-order valence-electron chi connectivity index (χ2n) is 6.96. The highest BCUT2D eigenvalue weighted by Crippen LogP contribution is 2.23. The Hall–Kier alpha value is -1.68. The third-order valence-corrected chi connectivity index (χ3v) is 3.89. The molecular formula is C18H26N2O2. The van der Waals surface area contributed by atoms with Gasteiger partial charge in [0, 0.05) is 18.5 Å². The maximum Gasteiger partial charge on any atom is 0.434 e. The van der Waals surface area contributed by atoms with E-state index in [0.717, 1.165) is 37.2 Å². The lowest BCUT2D eigenvalue weighted by atomic mass is 9.85. The zero-order valence-electron chi connectivity index (χ0n) is 14.0. The minimum Gasteiger partial charge on any atom is -0.445 e. The minimum atomic E-state index is -0.469. The van der Waals surface area contributed by atoms with Crippen LogP contribution in [0.4, 0.5) is 4.79 Å². The number of amides is 1. The van der Waals surface area contributed by atoms with Gasteiger partial charge in [-0.1, -0.05) is 51.1 Å². The summed E-state index contributed by atoms with van der Waals surface area (Å²) < 4.78 is 5.53. The molecule has 0 aliphatic carbocycles. The van der Waals surface area contributed by atoms with Gasteiger partial charge in [0.15, 0.2) is 0 Å². The molecule has 0 spiro atoms. The smallest absolute Gasteiger partial charge is 0.434 e. The monoisotopic (exact) mass is 302 g/mol. The van der Waals surface area contributed by atoms with E-state index in [4.69, 9.17) is 4.74 Å². The van der Waals surface area contributed by atoms with Crippen LogP contribution in [-0.4, -0.2) is 42.9 Å². The number of ether oxygens (including phenoxy) is 1. The molecule has 120 valence electrons. The maximum atomic E-state index is 12.2. The lowest BCUT2D eigenvalue weighted by Crippen LogP contribution is -2.35. The second kappa shape index (κ2) is 7.05. The first kappa shape index (κ1) is 16.7. The Morgan fingerprint density at radius 3 is 2.32 bits per heavy atom. The van der Waals surface area contributed by atoms with Crippen LogP contribution in [0.25, 0.3) is 0 Å². The van der Waals surface area contributed by atoms with E-state index in [0.29, 0.717) is 0 Å². The van der Waals surface area contributed by atoms with Crippen LogP contribution < -0.4 is 0 Å². The van der Waals surface area contributed by atoms with Gasteiger partial charge in [0.25, 0.3) is 0 Å². The third-order valence-electron chi connectivity index (χ3n) is 3.89. The maximum absolute atomic E-state index is 12.2. The number of benzene rings is 1. The summed E-state index contributed by atoms with van der Waals surface area (Å²) in [6.45, 7) is 8.10. The van der Waals surface area contributed by atoms with Gasteiger partial charge in [-0.05, 0) is 25.5 Å². The third kappa shape index (κ3) is 4.67. The molecule has 2 rings (SSSR count). The molecule has 0 radical (unpaired) electrons. The van der Waals surface area contributed by atoms with Crippen molar-refractivity contribution in [2.75, 3.05) is 20.1 Å². The molecule has 1 saturated heterocycles. The average Bonchev–Trinajstić information content (AvgIpc) is 2.47. The minimum absolute atomic E-state index is 0.00978. The second-order valence-corrected chi connectivity index (χ2v) is 6.96. The molecule has 1 aliphatic heterocycles. The van der Waals surface area contributed by atoms with Gasteiger partial charge < -0.3 is 9.64 Å². The van der Waals surface area contributed by atoms with Crippen LogP contribution in [0, 0.1) is 5.41 Å². The lowest BCUT2D eigenvalue weighted by Gasteiger charge is -2.28. The Morgan fingerprint density at radius 1 is 1.18 bits per heavy atom. The van der Waals surface area contributed by atoms with Crippen molar-refractivity contribution in [3.63, 3.8) is 0 Å². The molecule has 0 saturated carbocycles. The highest BCUT2D eigenvalue weighted by molar-refractivity contribution is 6.08. The first-order chi connectivity index (χ1) is 10.4. The van der Waals surface area contributed by atoms with Gasteiger partial charge in [0.2, 0.25) is 0 Å². The van der Waals surface area contributed by atoms with Gasteiger partial charge in [-0.25, -0.2) is 4.79 Å². The van der Waals surface area contributed by atoms with E-state index in [1.54, 1.807) is 0 Å². The molecule has 1 aliphatic rings. The molecule has 0 bridgehead atoms. The Labute approximate surface area is 133 Å². The molecule has 22 heavy (non-hydrogen) atoms. The molecule has 4 heteroatoms. The number of carbonyl (C=O) groups excluding carboxylic acids is 1. The summed E-state index contributed by atoms with van der Waals surface area (Å²) in [5, 5.41) is 0. The van der Waals surface area contributed by atoms with E-state index in [1.807, 2.05) is 30.3 Å². The number of carbonyl (C=O) groups is 1. The first-order valence-electron chi connectivity index (χ1n) is 7.90. The zero-order chi connectivity index (χ0) is 16.2. The van der Waals surface area contributed by atoms with Crippen molar-refractivity contribution >= 4 is 11.8 Å². The molecule has 1 aromatic carbocycles. The summed E-state index contributed by atoms with van der Waals surface area (Å²) in [6.07, 6.45) is 1.29. The highest BCUT2D eigenvalue weighted by Gasteiger charge is 2.24. The fourth-order valence-electron chi connectivity index (χ4n) is 2.62. The van der Waals surface area contributed by atoms with Crippen molar-refractivity contribution in [3.8, 4) is 0 Å². The molecule has 0 N–H and O–H groups in total. The molecule has 0 atom stereocenters. The van der Waals surface area contributed by atoms with E-state index in [9.17, 15) is 4.79 Å². The summed E-state index contributed by atoms with van der Waals surface area (Å²) in [7, 11) is 2.09. The quantitative estimate of drug-likeness (QED) is 0.781. The Bertz CT molecular complexity index is 524. The predicted molar refractivity (Wildman–Crippen MR) is 89.4 cm³/mol. The van der Waals surface area contributed by atoms with Crippen molar-refractivity contribution in [2.24, 2.45) is 10.4 Å². The number of rotatable bonds is 2. The molecule has 0 unspecified atom stereocenters. The van der Waals surface area contributed by atoms with Crippen LogP contribution in [0.15, 0.2) is 35.3 Å². The Kier molecular flexibility index (Phi) is 5.35. The Morgan fingerprint density at radius 2 is 1.77 bits per heavy atom. The molecule has 1 fully saturated rings. The van der Waals surface area contributed by atoms with Gasteiger partial charge in [-0.2, -0.15) is 4.99 Å². The largest absolute Gasteiger partial charge is 0.445 e. The number of aliphatic imine (C=N–C) groups is 1. The molecular weight excluding hydrogens is 276 g/mol.